The van der Waals surface area contributed by atoms with Gasteiger partial charge in [0.15, 0.2) is 0 Å². The molecule has 10 heavy (non-hydrogen) atoms. The van der Waals surface area contributed by atoms with Gasteiger partial charge >= 0.3 is 35.5 Å². The van der Waals surface area contributed by atoms with Crippen LogP contribution in [0.5, 0.6) is 0 Å². The maximum Gasteiger partial charge on any atom is 1.00 e. The molecule has 0 amide bonds. The van der Waals surface area contributed by atoms with Crippen molar-refractivity contribution in [1.82, 2.24) is 0 Å². The molecular weight excluding hydrogens is 141 g/mol. The average Bonchev–Trinajstić information content (AvgIpc) is 1.63. The molecule has 0 aromatic carbocycles. The normalized spacial score (nSPS) is 7.80. The van der Waals surface area contributed by atoms with Gasteiger partial charge in [0.05, 0.1) is 12.2 Å². The molecule has 50 valence electrons. The Balaban J connectivity index is 0. The van der Waals surface area contributed by atoms with Crippen LogP contribution in [-0.2, 0) is 9.53 Å². The van der Waals surface area contributed by atoms with E-state index in [1.165, 1.54) is 0 Å². The van der Waals surface area contributed by atoms with Gasteiger partial charge in [-0.25, -0.2) is 0 Å². The maximum absolute atomic E-state index is 10.4. The molecule has 4 heteroatoms. The van der Waals surface area contributed by atoms with Crippen molar-refractivity contribution in [3.05, 3.63) is 0 Å². The third-order valence-corrected chi connectivity index (χ3v) is 0.591. The number of hydrogen-bond acceptors (Lipinski definition) is 3. The van der Waals surface area contributed by atoms with Crippen molar-refractivity contribution in [1.29, 1.82) is 5.26 Å². The Hall–Kier alpha value is -0.0400. The molecule has 0 N–H and O–H groups in total. The molecule has 0 radical (unpaired) electrons. The number of esters is 1. The number of ether oxygens (including phenoxy) is 1. The minimum Gasteiger partial charge on any atom is -0.462 e. The molecule has 0 atom stereocenters. The van der Waals surface area contributed by atoms with E-state index in [4.69, 9.17) is 5.26 Å². The summed E-state index contributed by atoms with van der Waals surface area (Å²) >= 11 is 0. The van der Waals surface area contributed by atoms with Crippen LogP contribution in [0.4, 0.5) is 0 Å². The van der Waals surface area contributed by atoms with Crippen LogP contribution in [0.15, 0.2) is 0 Å². The molecule has 0 aliphatic heterocycles. The molecule has 0 fully saturated rings. The number of hydrogen-bond donors (Lipinski definition) is 0. The molecule has 0 saturated carbocycles. The second-order valence-electron chi connectivity index (χ2n) is 1.87. The summed E-state index contributed by atoms with van der Waals surface area (Å²) in [5.74, 6) is -0.451. The van der Waals surface area contributed by atoms with Gasteiger partial charge < -0.3 is 4.74 Å². The second-order valence-corrected chi connectivity index (χ2v) is 1.87. The van der Waals surface area contributed by atoms with Gasteiger partial charge in [-0.3, -0.25) is 4.79 Å². The quantitative estimate of drug-likeness (QED) is 0.333. The molecular formula is C6H9NNaO2+. The predicted molar refractivity (Wildman–Crippen MR) is 31.5 cm³/mol. The fraction of sp³-hybridized carbons (Fsp3) is 0.667. The van der Waals surface area contributed by atoms with Crippen molar-refractivity contribution in [2.24, 2.45) is 0 Å². The van der Waals surface area contributed by atoms with Crippen LogP contribution in [0.2, 0.25) is 0 Å². The topological polar surface area (TPSA) is 50.1 Å². The minimum absolute atomic E-state index is 0. The van der Waals surface area contributed by atoms with Gasteiger partial charge in [0.1, 0.15) is 6.42 Å². The first-order valence-corrected chi connectivity index (χ1v) is 2.73. The average molecular weight is 150 g/mol. The summed E-state index contributed by atoms with van der Waals surface area (Å²) in [4.78, 5) is 10.4. The van der Waals surface area contributed by atoms with Gasteiger partial charge in [-0.2, -0.15) is 5.26 Å². The Morgan fingerprint density at radius 2 is 2.20 bits per heavy atom. The first kappa shape index (κ1) is 12.6. The predicted octanol–water partition coefficient (Wildman–Crippen LogP) is -2.14. The van der Waals surface area contributed by atoms with E-state index in [1.807, 2.05) is 0 Å². The summed E-state index contributed by atoms with van der Waals surface area (Å²) in [5.41, 5.74) is 0. The molecule has 0 spiro atoms. The third kappa shape index (κ3) is 7.96. The van der Waals surface area contributed by atoms with Gasteiger partial charge in [0.25, 0.3) is 0 Å². The van der Waals surface area contributed by atoms with Crippen LogP contribution >= 0.6 is 0 Å². The van der Waals surface area contributed by atoms with E-state index >= 15 is 0 Å². The summed E-state index contributed by atoms with van der Waals surface area (Å²) in [6, 6.07) is 1.70. The summed E-state index contributed by atoms with van der Waals surface area (Å²) < 4.78 is 4.63. The van der Waals surface area contributed by atoms with Crippen molar-refractivity contribution in [3.63, 3.8) is 0 Å². The largest absolute Gasteiger partial charge is 1.00 e. The van der Waals surface area contributed by atoms with Gasteiger partial charge in [0.2, 0.25) is 0 Å². The zero-order valence-electron chi connectivity index (χ0n) is 6.55. The molecule has 0 bridgehead atoms. The van der Waals surface area contributed by atoms with Crippen molar-refractivity contribution in [3.8, 4) is 6.07 Å². The standard InChI is InChI=1S/C6H9NO2.Na/c1-5(2)9-6(8)3-4-7;/h5H,3H2,1-2H3;/q;+1. The van der Waals surface area contributed by atoms with Gasteiger partial charge in [0, 0.05) is 0 Å². The van der Waals surface area contributed by atoms with E-state index in [-0.39, 0.29) is 42.1 Å². The molecule has 0 aromatic heterocycles. The Morgan fingerprint density at radius 1 is 1.70 bits per heavy atom. The number of rotatable bonds is 2. The van der Waals surface area contributed by atoms with Crippen LogP contribution in [0.1, 0.15) is 20.3 Å². The maximum atomic E-state index is 10.4. The summed E-state index contributed by atoms with van der Waals surface area (Å²) in [5, 5.41) is 8.00. The Morgan fingerprint density at radius 3 is 2.50 bits per heavy atom. The summed E-state index contributed by atoms with van der Waals surface area (Å²) in [6.45, 7) is 3.49. The van der Waals surface area contributed by atoms with Crippen molar-refractivity contribution in [2.75, 3.05) is 0 Å². The summed E-state index contributed by atoms with van der Waals surface area (Å²) in [6.07, 6.45) is -0.274. The third-order valence-electron chi connectivity index (χ3n) is 0.591. The molecule has 0 rings (SSSR count). The fourth-order valence-electron chi connectivity index (χ4n) is 0.369. The monoisotopic (exact) mass is 150 g/mol. The van der Waals surface area contributed by atoms with Crippen LogP contribution in [0.3, 0.4) is 0 Å². The van der Waals surface area contributed by atoms with Gasteiger partial charge in [-0.05, 0) is 13.8 Å². The van der Waals surface area contributed by atoms with Gasteiger partial charge in [-0.15, -0.1) is 0 Å². The first-order valence-electron chi connectivity index (χ1n) is 2.73. The van der Waals surface area contributed by atoms with E-state index in [1.54, 1.807) is 19.9 Å². The second kappa shape index (κ2) is 7.07. The van der Waals surface area contributed by atoms with Crippen molar-refractivity contribution < 1.29 is 39.1 Å². The number of nitriles is 1. The van der Waals surface area contributed by atoms with E-state index in [0.29, 0.717) is 0 Å². The minimum atomic E-state index is -0.451. The SMILES string of the molecule is CC(C)OC(=O)CC#N.[Na+]. The Kier molecular flexibility index (Phi) is 8.92. The number of nitrogens with zero attached hydrogens (tertiary/aromatic N) is 1. The molecule has 0 aliphatic carbocycles. The van der Waals surface area contributed by atoms with Crippen molar-refractivity contribution in [2.45, 2.75) is 26.4 Å². The zero-order chi connectivity index (χ0) is 7.28. The fourth-order valence-corrected chi connectivity index (χ4v) is 0.369. The van der Waals surface area contributed by atoms with E-state index < -0.39 is 5.97 Å². The molecule has 0 saturated heterocycles. The smallest absolute Gasteiger partial charge is 0.462 e. The molecule has 0 aromatic rings. The summed E-state index contributed by atoms with van der Waals surface area (Å²) in [7, 11) is 0. The van der Waals surface area contributed by atoms with Crippen LogP contribution in [0, 0.1) is 11.3 Å². The first-order chi connectivity index (χ1) is 4.16. The van der Waals surface area contributed by atoms with Crippen molar-refractivity contribution >= 4 is 5.97 Å². The zero-order valence-corrected chi connectivity index (χ0v) is 8.55. The molecule has 0 unspecified atom stereocenters. The number of carbonyl (C=O) groups excluding carboxylic acids is 1. The van der Waals surface area contributed by atoms with E-state index in [2.05, 4.69) is 4.74 Å². The van der Waals surface area contributed by atoms with Crippen LogP contribution in [-0.4, -0.2) is 12.1 Å². The number of carbonyl (C=O) groups is 1. The van der Waals surface area contributed by atoms with E-state index in [0.717, 1.165) is 0 Å². The Labute approximate surface area is 82.6 Å². The van der Waals surface area contributed by atoms with Crippen LogP contribution in [0.25, 0.3) is 0 Å². The molecule has 3 nitrogen and oxygen atoms in total. The van der Waals surface area contributed by atoms with Crippen LogP contribution < -0.4 is 29.6 Å². The van der Waals surface area contributed by atoms with E-state index in [9.17, 15) is 4.79 Å². The Bertz CT molecular complexity index is 139. The molecule has 0 aliphatic rings. The molecule has 0 heterocycles. The van der Waals surface area contributed by atoms with Gasteiger partial charge in [-0.1, -0.05) is 0 Å².